The van der Waals surface area contributed by atoms with E-state index in [2.05, 4.69) is 4.90 Å². The molecule has 1 N–H and O–H groups in total. The van der Waals surface area contributed by atoms with Crippen molar-refractivity contribution in [3.8, 4) is 5.75 Å². The van der Waals surface area contributed by atoms with Crippen molar-refractivity contribution in [1.29, 1.82) is 0 Å². The van der Waals surface area contributed by atoms with Gasteiger partial charge in [0.05, 0.1) is 0 Å². The van der Waals surface area contributed by atoms with E-state index < -0.39 is 6.10 Å². The lowest BCUT2D eigenvalue weighted by Crippen LogP contribution is -2.48. The average molecular weight is 335 g/mol. The van der Waals surface area contributed by atoms with Crippen molar-refractivity contribution in [1.82, 2.24) is 4.90 Å². The van der Waals surface area contributed by atoms with Crippen molar-refractivity contribution >= 4 is 17.5 Å². The zero-order chi connectivity index (χ0) is 16.2. The first-order valence-electron chi connectivity index (χ1n) is 8.37. The molecule has 2 atom stereocenters. The lowest BCUT2D eigenvalue weighted by Gasteiger charge is -2.36. The fourth-order valence-corrected chi connectivity index (χ4v) is 4.37. The molecule has 1 aromatic carbocycles. The van der Waals surface area contributed by atoms with Crippen LogP contribution in [0.5, 0.6) is 5.75 Å². The summed E-state index contributed by atoms with van der Waals surface area (Å²) in [5.74, 6) is 3.85. The van der Waals surface area contributed by atoms with Crippen LogP contribution >= 0.6 is 11.8 Å². The number of carbonyl (C=O) groups is 1. The van der Waals surface area contributed by atoms with Crippen molar-refractivity contribution in [3.05, 3.63) is 29.8 Å². The van der Waals surface area contributed by atoms with Gasteiger partial charge in [-0.3, -0.25) is 9.69 Å². The Morgan fingerprint density at radius 2 is 2.30 bits per heavy atom. The monoisotopic (exact) mass is 335 g/mol. The van der Waals surface area contributed by atoms with Crippen LogP contribution in [0.1, 0.15) is 30.1 Å². The summed E-state index contributed by atoms with van der Waals surface area (Å²) in [6.45, 7) is 3.54. The Balaban J connectivity index is 1.49. The Kier molecular flexibility index (Phi) is 5.62. The predicted molar refractivity (Wildman–Crippen MR) is 93.4 cm³/mol. The summed E-state index contributed by atoms with van der Waals surface area (Å²) in [5.41, 5.74) is 0.638. The van der Waals surface area contributed by atoms with Crippen LogP contribution < -0.4 is 4.74 Å². The molecule has 5 heteroatoms. The van der Waals surface area contributed by atoms with Crippen LogP contribution in [0, 0.1) is 5.92 Å². The lowest BCUT2D eigenvalue weighted by molar-refractivity contribution is 0.0531. The lowest BCUT2D eigenvalue weighted by atomic mass is 10.1. The van der Waals surface area contributed by atoms with Crippen LogP contribution in [0.25, 0.3) is 0 Å². The molecule has 1 aromatic rings. The van der Waals surface area contributed by atoms with Crippen LogP contribution in [0.2, 0.25) is 0 Å². The van der Waals surface area contributed by atoms with Crippen LogP contribution in [0.4, 0.5) is 0 Å². The quantitative estimate of drug-likeness (QED) is 0.776. The van der Waals surface area contributed by atoms with E-state index in [1.807, 2.05) is 23.9 Å². The zero-order valence-electron chi connectivity index (χ0n) is 13.6. The standard InChI is InChI=1S/C18H25NO3S/c1-13(20)15-3-2-4-17(9-15)22-11-16(21)10-19-7-8-23-12-18(19)14-5-6-14/h2-4,9,14,16,18,21H,5-8,10-12H2,1H3/t16-,18-/m0/s1. The minimum absolute atomic E-state index is 0.0223. The van der Waals surface area contributed by atoms with Crippen molar-refractivity contribution in [2.75, 3.05) is 31.2 Å². The van der Waals surface area contributed by atoms with Gasteiger partial charge in [0.25, 0.3) is 0 Å². The minimum Gasteiger partial charge on any atom is -0.491 e. The van der Waals surface area contributed by atoms with Gasteiger partial charge in [-0.2, -0.15) is 11.8 Å². The van der Waals surface area contributed by atoms with E-state index in [9.17, 15) is 9.90 Å². The highest BCUT2D eigenvalue weighted by Gasteiger charge is 2.37. The van der Waals surface area contributed by atoms with Gasteiger partial charge < -0.3 is 9.84 Å². The number of ether oxygens (including phenoxy) is 1. The Morgan fingerprint density at radius 3 is 3.04 bits per heavy atom. The minimum atomic E-state index is -0.500. The summed E-state index contributed by atoms with van der Waals surface area (Å²) in [4.78, 5) is 13.8. The fraction of sp³-hybridized carbons (Fsp3) is 0.611. The van der Waals surface area contributed by atoms with Gasteiger partial charge in [-0.15, -0.1) is 0 Å². The van der Waals surface area contributed by atoms with E-state index >= 15 is 0 Å². The van der Waals surface area contributed by atoms with Crippen LogP contribution in [-0.2, 0) is 0 Å². The second-order valence-corrected chi connectivity index (χ2v) is 7.67. The molecule has 0 amide bonds. The third-order valence-corrected chi connectivity index (χ3v) is 5.62. The van der Waals surface area contributed by atoms with Crippen LogP contribution in [-0.4, -0.2) is 59.1 Å². The Labute approximate surface area is 142 Å². The molecule has 2 aliphatic rings. The van der Waals surface area contributed by atoms with E-state index in [1.54, 1.807) is 19.1 Å². The van der Waals surface area contributed by atoms with Crippen molar-refractivity contribution in [3.63, 3.8) is 0 Å². The highest BCUT2D eigenvalue weighted by atomic mass is 32.2. The molecule has 1 aliphatic carbocycles. The number of hydrogen-bond donors (Lipinski definition) is 1. The number of rotatable bonds is 7. The molecule has 1 heterocycles. The second kappa shape index (κ2) is 7.69. The number of hydrogen-bond acceptors (Lipinski definition) is 5. The molecule has 23 heavy (non-hydrogen) atoms. The summed E-state index contributed by atoms with van der Waals surface area (Å²) < 4.78 is 5.68. The van der Waals surface area contributed by atoms with Crippen molar-refractivity contribution < 1.29 is 14.6 Å². The maximum Gasteiger partial charge on any atom is 0.159 e. The first kappa shape index (κ1) is 16.8. The van der Waals surface area contributed by atoms with Gasteiger partial charge in [0.1, 0.15) is 18.5 Å². The normalized spacial score (nSPS) is 23.5. The largest absolute Gasteiger partial charge is 0.491 e. The van der Waals surface area contributed by atoms with Crippen molar-refractivity contribution in [2.24, 2.45) is 5.92 Å². The molecule has 1 saturated heterocycles. The number of carbonyl (C=O) groups excluding carboxylic acids is 1. The summed E-state index contributed by atoms with van der Waals surface area (Å²) in [6.07, 6.45) is 2.18. The number of ketones is 1. The van der Waals surface area contributed by atoms with E-state index in [-0.39, 0.29) is 12.4 Å². The molecule has 1 saturated carbocycles. The van der Waals surface area contributed by atoms with Crippen LogP contribution in [0.3, 0.4) is 0 Å². The molecule has 126 valence electrons. The van der Waals surface area contributed by atoms with Gasteiger partial charge in [-0.1, -0.05) is 12.1 Å². The first-order valence-corrected chi connectivity index (χ1v) is 9.52. The zero-order valence-corrected chi connectivity index (χ0v) is 14.4. The molecule has 4 nitrogen and oxygen atoms in total. The number of Topliss-reactive ketones (excluding diaryl/α,β-unsaturated/α-hetero) is 1. The van der Waals surface area contributed by atoms with E-state index in [1.165, 1.54) is 18.6 Å². The van der Waals surface area contributed by atoms with Gasteiger partial charge in [0, 0.05) is 36.2 Å². The third-order valence-electron chi connectivity index (χ3n) is 4.57. The second-order valence-electron chi connectivity index (χ2n) is 6.52. The number of thioether (sulfide) groups is 1. The molecular formula is C18H25NO3S. The molecule has 0 radical (unpaired) electrons. The first-order chi connectivity index (χ1) is 11.1. The van der Waals surface area contributed by atoms with Crippen LogP contribution in [0.15, 0.2) is 24.3 Å². The van der Waals surface area contributed by atoms with E-state index in [0.29, 0.717) is 23.9 Å². The Hall–Kier alpha value is -1.04. The molecule has 2 fully saturated rings. The van der Waals surface area contributed by atoms with Crippen molar-refractivity contribution in [2.45, 2.75) is 31.9 Å². The van der Waals surface area contributed by atoms with E-state index in [4.69, 9.17) is 4.74 Å². The number of nitrogens with zero attached hydrogens (tertiary/aromatic N) is 1. The summed E-state index contributed by atoms with van der Waals surface area (Å²) in [7, 11) is 0. The number of β-amino-alcohol motifs (C(OH)–C–C–N with tert-alkyl or cyclic N) is 1. The molecule has 0 aromatic heterocycles. The Morgan fingerprint density at radius 1 is 1.48 bits per heavy atom. The fourth-order valence-electron chi connectivity index (χ4n) is 3.12. The summed E-state index contributed by atoms with van der Waals surface area (Å²) >= 11 is 2.03. The van der Waals surface area contributed by atoms with Gasteiger partial charge in [0.15, 0.2) is 5.78 Å². The van der Waals surface area contributed by atoms with Gasteiger partial charge >= 0.3 is 0 Å². The maximum absolute atomic E-state index is 11.4. The number of aliphatic hydroxyl groups is 1. The molecule has 0 bridgehead atoms. The van der Waals surface area contributed by atoms with Gasteiger partial charge in [0.2, 0.25) is 0 Å². The molecule has 0 unspecified atom stereocenters. The molecule has 0 spiro atoms. The summed E-state index contributed by atoms with van der Waals surface area (Å²) in [5, 5.41) is 10.3. The van der Waals surface area contributed by atoms with Gasteiger partial charge in [-0.25, -0.2) is 0 Å². The SMILES string of the molecule is CC(=O)c1cccc(OC[C@@H](O)CN2CCSC[C@H]2C2CC2)c1. The predicted octanol–water partition coefficient (Wildman–Crippen LogP) is 2.46. The highest BCUT2D eigenvalue weighted by Crippen LogP contribution is 2.38. The maximum atomic E-state index is 11.4. The van der Waals surface area contributed by atoms with Gasteiger partial charge in [-0.05, 0) is 37.8 Å². The smallest absolute Gasteiger partial charge is 0.159 e. The van der Waals surface area contributed by atoms with E-state index in [0.717, 1.165) is 18.2 Å². The number of benzene rings is 1. The third kappa shape index (κ3) is 4.72. The molecular weight excluding hydrogens is 310 g/mol. The molecule has 1 aliphatic heterocycles. The topological polar surface area (TPSA) is 49.8 Å². The summed E-state index contributed by atoms with van der Waals surface area (Å²) in [6, 6.07) is 7.77. The average Bonchev–Trinajstić information content (AvgIpc) is 3.38. The Bertz CT molecular complexity index is 547. The highest BCUT2D eigenvalue weighted by molar-refractivity contribution is 7.99. The number of aliphatic hydroxyl groups excluding tert-OH is 1. The molecule has 3 rings (SSSR count).